The number of methoxy groups -OCH3 is 1. The molecule has 2 aromatic rings. The number of halogens is 1. The van der Waals surface area contributed by atoms with E-state index in [-0.39, 0.29) is 24.0 Å². The Morgan fingerprint density at radius 3 is 2.48 bits per heavy atom. The van der Waals surface area contributed by atoms with E-state index in [0.717, 1.165) is 61.6 Å². The molecule has 0 aliphatic carbocycles. The number of hydrogen-bond donors (Lipinski definition) is 2. The molecule has 1 aliphatic heterocycles. The number of amides is 1. The zero-order chi connectivity index (χ0) is 21.3. The third kappa shape index (κ3) is 7.20. The summed E-state index contributed by atoms with van der Waals surface area (Å²) in [4.78, 5) is 25.3. The van der Waals surface area contributed by atoms with Crippen molar-refractivity contribution >= 4 is 58.4 Å². The molecule has 31 heavy (non-hydrogen) atoms. The molecule has 170 valence electrons. The molecule has 1 amide bonds. The number of piperazine rings is 1. The summed E-state index contributed by atoms with van der Waals surface area (Å²) < 4.78 is 9.00. The van der Waals surface area contributed by atoms with E-state index in [1.54, 1.807) is 0 Å². The van der Waals surface area contributed by atoms with Gasteiger partial charge in [0.25, 0.3) is 0 Å². The van der Waals surface area contributed by atoms with Crippen molar-refractivity contribution < 1.29 is 9.53 Å². The van der Waals surface area contributed by atoms with Crippen molar-refractivity contribution in [3.63, 3.8) is 0 Å². The second kappa shape index (κ2) is 12.6. The van der Waals surface area contributed by atoms with Crippen LogP contribution in [-0.2, 0) is 17.7 Å². The summed E-state index contributed by atoms with van der Waals surface area (Å²) in [6, 6.07) is 7.61. The highest BCUT2D eigenvalue weighted by Gasteiger charge is 2.22. The first kappa shape index (κ1) is 25.1. The van der Waals surface area contributed by atoms with Crippen molar-refractivity contribution in [2.75, 3.05) is 50.1 Å². The molecule has 1 saturated heterocycles. The molecular formula is C20H30IN7O2S. The maximum Gasteiger partial charge on any atom is 0.411 e. The summed E-state index contributed by atoms with van der Waals surface area (Å²) in [6.07, 6.45) is 0.391. The van der Waals surface area contributed by atoms with Crippen LogP contribution in [0, 0.1) is 0 Å². The van der Waals surface area contributed by atoms with Gasteiger partial charge >= 0.3 is 6.09 Å². The maximum atomic E-state index is 11.3. The van der Waals surface area contributed by atoms with Crippen molar-refractivity contribution in [2.45, 2.75) is 26.8 Å². The summed E-state index contributed by atoms with van der Waals surface area (Å²) in [5.41, 5.74) is 1.76. The van der Waals surface area contributed by atoms with Gasteiger partial charge in [-0.15, -0.1) is 24.0 Å². The van der Waals surface area contributed by atoms with E-state index in [1.165, 1.54) is 18.6 Å². The molecule has 11 heteroatoms. The van der Waals surface area contributed by atoms with Gasteiger partial charge in [-0.25, -0.2) is 14.8 Å². The number of guanidine groups is 1. The lowest BCUT2D eigenvalue weighted by Gasteiger charge is -2.36. The van der Waals surface area contributed by atoms with Crippen LogP contribution in [0.2, 0.25) is 0 Å². The molecule has 1 aromatic carbocycles. The standard InChI is InChI=1S/C20H29N7O2S.HI/c1-4-17-24-19(30-25-17)27-12-10-26(11-13-27)18(21-5-2)22-14-15-6-8-16(9-7-15)23-20(28)29-3;/h6-9H,4-5,10-14H2,1-3H3,(H,21,22)(H,23,28);1H. The van der Waals surface area contributed by atoms with Crippen LogP contribution in [0.15, 0.2) is 29.3 Å². The number of ether oxygens (including phenoxy) is 1. The molecule has 1 aliphatic rings. The van der Waals surface area contributed by atoms with Crippen LogP contribution < -0.4 is 15.5 Å². The molecule has 0 saturated carbocycles. The van der Waals surface area contributed by atoms with E-state index in [9.17, 15) is 4.79 Å². The highest BCUT2D eigenvalue weighted by molar-refractivity contribution is 14.0. The molecule has 9 nitrogen and oxygen atoms in total. The minimum Gasteiger partial charge on any atom is -0.453 e. The van der Waals surface area contributed by atoms with Gasteiger partial charge in [0, 0.05) is 56.4 Å². The summed E-state index contributed by atoms with van der Waals surface area (Å²) in [6.45, 7) is 9.10. The third-order valence-corrected chi connectivity index (χ3v) is 5.57. The smallest absolute Gasteiger partial charge is 0.411 e. The van der Waals surface area contributed by atoms with E-state index >= 15 is 0 Å². The zero-order valence-electron chi connectivity index (χ0n) is 18.1. The Hall–Kier alpha value is -2.15. The number of nitrogens with one attached hydrogen (secondary N) is 2. The zero-order valence-corrected chi connectivity index (χ0v) is 21.3. The van der Waals surface area contributed by atoms with Gasteiger partial charge in [0.05, 0.1) is 13.7 Å². The van der Waals surface area contributed by atoms with E-state index in [1.807, 2.05) is 24.3 Å². The Labute approximate surface area is 204 Å². The maximum absolute atomic E-state index is 11.3. The fourth-order valence-electron chi connectivity index (χ4n) is 3.08. The Balaban J connectivity index is 0.00000341. The third-order valence-electron chi connectivity index (χ3n) is 4.76. The minimum atomic E-state index is -0.478. The first-order chi connectivity index (χ1) is 14.6. The number of rotatable bonds is 6. The molecule has 1 aromatic heterocycles. The number of carbonyl (C=O) groups excluding carboxylic acids is 1. The van der Waals surface area contributed by atoms with Gasteiger partial charge in [-0.2, -0.15) is 4.37 Å². The molecule has 0 unspecified atom stereocenters. The second-order valence-corrected chi connectivity index (χ2v) is 7.53. The van der Waals surface area contributed by atoms with E-state index < -0.39 is 6.09 Å². The number of aromatic nitrogens is 2. The number of carbonyl (C=O) groups is 1. The summed E-state index contributed by atoms with van der Waals surface area (Å²) in [7, 11) is 1.34. The first-order valence-corrected chi connectivity index (χ1v) is 10.9. The van der Waals surface area contributed by atoms with Crippen LogP contribution in [0.1, 0.15) is 25.2 Å². The lowest BCUT2D eigenvalue weighted by molar-refractivity contribution is 0.187. The molecule has 0 atom stereocenters. The van der Waals surface area contributed by atoms with Crippen molar-refractivity contribution in [3.8, 4) is 0 Å². The average molecular weight is 559 g/mol. The van der Waals surface area contributed by atoms with Gasteiger partial charge in [-0.05, 0) is 24.6 Å². The Morgan fingerprint density at radius 2 is 1.90 bits per heavy atom. The molecule has 0 spiro atoms. The van der Waals surface area contributed by atoms with Gasteiger partial charge in [-0.1, -0.05) is 19.1 Å². The largest absolute Gasteiger partial charge is 0.453 e. The lowest BCUT2D eigenvalue weighted by atomic mass is 10.2. The van der Waals surface area contributed by atoms with Crippen molar-refractivity contribution in [1.29, 1.82) is 0 Å². The van der Waals surface area contributed by atoms with Gasteiger partial charge in [0.2, 0.25) is 5.13 Å². The Bertz CT molecular complexity index is 851. The molecular weight excluding hydrogens is 529 g/mol. The lowest BCUT2D eigenvalue weighted by Crippen LogP contribution is -2.52. The summed E-state index contributed by atoms with van der Waals surface area (Å²) in [5, 5.41) is 7.05. The molecule has 0 radical (unpaired) electrons. The fraction of sp³-hybridized carbons (Fsp3) is 0.500. The van der Waals surface area contributed by atoms with Gasteiger partial charge in [0.1, 0.15) is 5.82 Å². The van der Waals surface area contributed by atoms with E-state index in [0.29, 0.717) is 12.2 Å². The fourth-order valence-corrected chi connectivity index (χ4v) is 3.88. The van der Waals surface area contributed by atoms with Gasteiger partial charge in [-0.3, -0.25) is 5.32 Å². The minimum absolute atomic E-state index is 0. The van der Waals surface area contributed by atoms with Crippen molar-refractivity contribution in [3.05, 3.63) is 35.7 Å². The first-order valence-electron chi connectivity index (χ1n) is 10.2. The van der Waals surface area contributed by atoms with Crippen LogP contribution in [0.4, 0.5) is 15.6 Å². The number of nitrogens with zero attached hydrogens (tertiary/aromatic N) is 5. The van der Waals surface area contributed by atoms with E-state index in [2.05, 4.69) is 48.4 Å². The number of benzene rings is 1. The quantitative estimate of drug-likeness (QED) is 0.319. The van der Waals surface area contributed by atoms with Crippen LogP contribution in [0.25, 0.3) is 0 Å². The highest BCUT2D eigenvalue weighted by Crippen LogP contribution is 2.19. The highest BCUT2D eigenvalue weighted by atomic mass is 127. The predicted octanol–water partition coefficient (Wildman–Crippen LogP) is 3.18. The van der Waals surface area contributed by atoms with Gasteiger partial charge < -0.3 is 19.9 Å². The van der Waals surface area contributed by atoms with Crippen LogP contribution >= 0.6 is 35.5 Å². The summed E-state index contributed by atoms with van der Waals surface area (Å²) >= 11 is 1.48. The monoisotopic (exact) mass is 559 g/mol. The Kier molecular flexibility index (Phi) is 10.2. The molecule has 3 rings (SSSR count). The van der Waals surface area contributed by atoms with E-state index in [4.69, 9.17) is 4.99 Å². The molecule has 2 heterocycles. The van der Waals surface area contributed by atoms with Crippen LogP contribution in [-0.4, -0.2) is 66.1 Å². The number of anilines is 2. The number of hydrogen-bond acceptors (Lipinski definition) is 7. The van der Waals surface area contributed by atoms with Crippen molar-refractivity contribution in [2.24, 2.45) is 4.99 Å². The predicted molar refractivity (Wildman–Crippen MR) is 136 cm³/mol. The van der Waals surface area contributed by atoms with Gasteiger partial charge in [0.15, 0.2) is 5.96 Å². The molecule has 2 N–H and O–H groups in total. The molecule has 0 bridgehead atoms. The topological polar surface area (TPSA) is 95.0 Å². The van der Waals surface area contributed by atoms with Crippen molar-refractivity contribution in [1.82, 2.24) is 19.6 Å². The van der Waals surface area contributed by atoms with Crippen LogP contribution in [0.3, 0.4) is 0 Å². The number of aliphatic imine (C=N–C) groups is 1. The summed E-state index contributed by atoms with van der Waals surface area (Å²) in [5.74, 6) is 1.83. The Morgan fingerprint density at radius 1 is 1.19 bits per heavy atom. The normalized spacial score (nSPS) is 14.1. The average Bonchev–Trinajstić information content (AvgIpc) is 3.27. The van der Waals surface area contributed by atoms with Crippen LogP contribution in [0.5, 0.6) is 0 Å². The molecule has 1 fully saturated rings. The second-order valence-electron chi connectivity index (χ2n) is 6.80. The SMILES string of the molecule is CCNC(=NCc1ccc(NC(=O)OC)cc1)N1CCN(c2nc(CC)ns2)CC1.I. The number of aryl methyl sites for hydroxylation is 1.